The van der Waals surface area contributed by atoms with Crippen molar-refractivity contribution in [2.24, 2.45) is 0 Å². The van der Waals surface area contributed by atoms with Gasteiger partial charge in [-0.3, -0.25) is 0 Å². The molecule has 0 amide bonds. The van der Waals surface area contributed by atoms with Crippen molar-refractivity contribution in [2.75, 3.05) is 13.2 Å². The van der Waals surface area contributed by atoms with Gasteiger partial charge in [0.15, 0.2) is 0 Å². The number of benzene rings is 2. The number of fused-ring (bicyclic) bond motifs is 1. The first-order chi connectivity index (χ1) is 13.8. The summed E-state index contributed by atoms with van der Waals surface area (Å²) in [5.41, 5.74) is 4.33. The molecule has 3 aromatic rings. The van der Waals surface area contributed by atoms with Gasteiger partial charge in [-0.25, -0.2) is 4.98 Å². The lowest BCUT2D eigenvalue weighted by Gasteiger charge is -2.21. The van der Waals surface area contributed by atoms with E-state index in [-0.39, 0.29) is 18.6 Å². The van der Waals surface area contributed by atoms with Crippen LogP contribution < -0.4 is 4.74 Å². The highest BCUT2D eigenvalue weighted by molar-refractivity contribution is 5.75. The Labute approximate surface area is 173 Å². The second-order valence-corrected chi connectivity index (χ2v) is 8.65. The molecule has 5 nitrogen and oxygen atoms in total. The van der Waals surface area contributed by atoms with Crippen LogP contribution in [0.15, 0.2) is 42.5 Å². The highest BCUT2D eigenvalue weighted by Gasteiger charge is 2.17. The lowest BCUT2D eigenvalue weighted by Crippen LogP contribution is -2.25. The van der Waals surface area contributed by atoms with Crippen LogP contribution in [0.1, 0.15) is 44.1 Å². The second kappa shape index (κ2) is 8.97. The van der Waals surface area contributed by atoms with Crippen LogP contribution in [0.25, 0.3) is 11.0 Å². The van der Waals surface area contributed by atoms with Gasteiger partial charge in [0, 0.05) is 13.0 Å². The molecule has 5 heteroatoms. The summed E-state index contributed by atoms with van der Waals surface area (Å²) in [5.74, 6) is 1.68. The molecular weight excluding hydrogens is 364 g/mol. The van der Waals surface area contributed by atoms with Crippen molar-refractivity contribution in [1.29, 1.82) is 0 Å². The predicted octanol–water partition coefficient (Wildman–Crippen LogP) is 4.01. The van der Waals surface area contributed by atoms with Crippen LogP contribution in [-0.2, 0) is 18.4 Å². The summed E-state index contributed by atoms with van der Waals surface area (Å²) in [4.78, 5) is 4.67. The summed E-state index contributed by atoms with van der Waals surface area (Å²) >= 11 is 0. The lowest BCUT2D eigenvalue weighted by molar-refractivity contribution is 0.0923. The minimum absolute atomic E-state index is 0.0935. The number of aryl methyl sites for hydroxylation is 2. The highest BCUT2D eigenvalue weighted by Crippen LogP contribution is 2.27. The normalized spacial score (nSPS) is 13.0. The van der Waals surface area contributed by atoms with E-state index in [2.05, 4.69) is 37.9 Å². The SMILES string of the molecule is Cc1cc(C(C)(C)C)ccc1OCC(O)Cn1c(CCCO)nc2ccccc21. The summed E-state index contributed by atoms with van der Waals surface area (Å²) in [6, 6.07) is 14.1. The summed E-state index contributed by atoms with van der Waals surface area (Å²) in [5, 5.41) is 19.8. The number of imidazole rings is 1. The smallest absolute Gasteiger partial charge is 0.122 e. The van der Waals surface area contributed by atoms with E-state index in [0.29, 0.717) is 19.4 Å². The molecule has 0 saturated heterocycles. The van der Waals surface area contributed by atoms with E-state index in [0.717, 1.165) is 28.2 Å². The molecule has 3 rings (SSSR count). The standard InChI is InChI=1S/C24H32N2O3/c1-17-14-18(24(2,3)4)11-12-22(17)29-16-19(28)15-26-21-9-6-5-8-20(21)25-23(26)10-7-13-27/h5-6,8-9,11-12,14,19,27-28H,7,10,13,15-16H2,1-4H3. The summed E-state index contributed by atoms with van der Waals surface area (Å²) < 4.78 is 7.96. The Bertz CT molecular complexity index is 956. The summed E-state index contributed by atoms with van der Waals surface area (Å²) in [6.07, 6.45) is 0.656. The van der Waals surface area contributed by atoms with Crippen LogP contribution in [0.3, 0.4) is 0 Å². The first-order valence-electron chi connectivity index (χ1n) is 10.3. The predicted molar refractivity (Wildman–Crippen MR) is 117 cm³/mol. The molecule has 1 heterocycles. The van der Waals surface area contributed by atoms with E-state index in [1.807, 2.05) is 41.8 Å². The van der Waals surface area contributed by atoms with Gasteiger partial charge in [-0.15, -0.1) is 0 Å². The molecule has 0 aliphatic rings. The van der Waals surface area contributed by atoms with Crippen molar-refractivity contribution in [3.8, 4) is 5.75 Å². The van der Waals surface area contributed by atoms with Crippen molar-refractivity contribution in [1.82, 2.24) is 9.55 Å². The third kappa shape index (κ3) is 5.17. The third-order valence-corrected chi connectivity index (χ3v) is 5.16. The Hall–Kier alpha value is -2.37. The van der Waals surface area contributed by atoms with Crippen LogP contribution >= 0.6 is 0 Å². The van der Waals surface area contributed by atoms with Gasteiger partial charge in [0.1, 0.15) is 24.3 Å². The molecule has 0 bridgehead atoms. The maximum absolute atomic E-state index is 10.6. The van der Waals surface area contributed by atoms with Gasteiger partial charge in [0.05, 0.1) is 17.6 Å². The number of hydrogen-bond donors (Lipinski definition) is 2. The fraction of sp³-hybridized carbons (Fsp3) is 0.458. The lowest BCUT2D eigenvalue weighted by atomic mass is 9.86. The van der Waals surface area contributed by atoms with Gasteiger partial charge in [0.2, 0.25) is 0 Å². The first kappa shape index (κ1) is 21.3. The highest BCUT2D eigenvalue weighted by atomic mass is 16.5. The average molecular weight is 397 g/mol. The molecule has 29 heavy (non-hydrogen) atoms. The number of ether oxygens (including phenoxy) is 1. The second-order valence-electron chi connectivity index (χ2n) is 8.65. The molecule has 0 fully saturated rings. The molecule has 2 N–H and O–H groups in total. The van der Waals surface area contributed by atoms with Crippen molar-refractivity contribution in [3.05, 3.63) is 59.4 Å². The van der Waals surface area contributed by atoms with Gasteiger partial charge in [-0.05, 0) is 48.1 Å². The first-order valence-corrected chi connectivity index (χ1v) is 10.3. The van der Waals surface area contributed by atoms with E-state index < -0.39 is 6.10 Å². The number of aromatic nitrogens is 2. The number of nitrogens with zero attached hydrogens (tertiary/aromatic N) is 2. The molecule has 0 aliphatic carbocycles. The number of aliphatic hydroxyl groups is 2. The minimum Gasteiger partial charge on any atom is -0.491 e. The van der Waals surface area contributed by atoms with E-state index >= 15 is 0 Å². The Kier molecular flexibility index (Phi) is 6.60. The van der Waals surface area contributed by atoms with Crippen molar-refractivity contribution in [2.45, 2.75) is 58.6 Å². The number of hydrogen-bond acceptors (Lipinski definition) is 4. The number of aliphatic hydroxyl groups excluding tert-OH is 2. The van der Waals surface area contributed by atoms with Gasteiger partial charge in [-0.2, -0.15) is 0 Å². The third-order valence-electron chi connectivity index (χ3n) is 5.16. The van der Waals surface area contributed by atoms with Gasteiger partial charge < -0.3 is 19.5 Å². The molecule has 0 radical (unpaired) electrons. The van der Waals surface area contributed by atoms with Crippen molar-refractivity contribution < 1.29 is 14.9 Å². The quantitative estimate of drug-likeness (QED) is 0.604. The molecular formula is C24H32N2O3. The van der Waals surface area contributed by atoms with Crippen LogP contribution in [0.2, 0.25) is 0 Å². The molecule has 1 atom stereocenters. The fourth-order valence-corrected chi connectivity index (χ4v) is 3.48. The molecule has 0 spiro atoms. The zero-order valence-electron chi connectivity index (χ0n) is 17.9. The maximum Gasteiger partial charge on any atom is 0.122 e. The van der Waals surface area contributed by atoms with E-state index in [1.54, 1.807) is 0 Å². The van der Waals surface area contributed by atoms with Crippen LogP contribution in [0.5, 0.6) is 5.75 Å². The van der Waals surface area contributed by atoms with E-state index in [9.17, 15) is 10.2 Å². The molecule has 1 unspecified atom stereocenters. The molecule has 2 aromatic carbocycles. The molecule has 156 valence electrons. The molecule has 0 saturated carbocycles. The zero-order chi connectivity index (χ0) is 21.0. The van der Waals surface area contributed by atoms with E-state index in [1.165, 1.54) is 5.56 Å². The minimum atomic E-state index is -0.665. The summed E-state index contributed by atoms with van der Waals surface area (Å²) in [6.45, 7) is 9.34. The van der Waals surface area contributed by atoms with Crippen LogP contribution in [0.4, 0.5) is 0 Å². The fourth-order valence-electron chi connectivity index (χ4n) is 3.48. The van der Waals surface area contributed by atoms with Gasteiger partial charge in [0.25, 0.3) is 0 Å². The van der Waals surface area contributed by atoms with E-state index in [4.69, 9.17) is 4.74 Å². The van der Waals surface area contributed by atoms with Crippen LogP contribution in [-0.4, -0.2) is 39.1 Å². The largest absolute Gasteiger partial charge is 0.491 e. The molecule has 1 aromatic heterocycles. The van der Waals surface area contributed by atoms with Crippen molar-refractivity contribution >= 4 is 11.0 Å². The van der Waals surface area contributed by atoms with Gasteiger partial charge in [-0.1, -0.05) is 45.0 Å². The monoisotopic (exact) mass is 396 g/mol. The van der Waals surface area contributed by atoms with Crippen LogP contribution in [0, 0.1) is 6.92 Å². The molecule has 0 aliphatic heterocycles. The average Bonchev–Trinajstić information content (AvgIpc) is 3.02. The Morgan fingerprint density at radius 1 is 1.14 bits per heavy atom. The Balaban J connectivity index is 1.70. The summed E-state index contributed by atoms with van der Waals surface area (Å²) in [7, 11) is 0. The number of para-hydroxylation sites is 2. The number of rotatable bonds is 8. The Morgan fingerprint density at radius 2 is 1.90 bits per heavy atom. The topological polar surface area (TPSA) is 67.5 Å². The Morgan fingerprint density at radius 3 is 2.59 bits per heavy atom. The van der Waals surface area contributed by atoms with Crippen molar-refractivity contribution in [3.63, 3.8) is 0 Å². The maximum atomic E-state index is 10.6. The zero-order valence-corrected chi connectivity index (χ0v) is 17.9. The van der Waals surface area contributed by atoms with Gasteiger partial charge >= 0.3 is 0 Å².